The molecule has 0 radical (unpaired) electrons. The summed E-state index contributed by atoms with van der Waals surface area (Å²) >= 11 is 0. The van der Waals surface area contributed by atoms with Crippen LogP contribution in [0.5, 0.6) is 0 Å². The topological polar surface area (TPSA) is 78.8 Å². The van der Waals surface area contributed by atoms with Gasteiger partial charge in [-0.05, 0) is 35.1 Å². The fraction of sp³-hybridized carbons (Fsp3) is 0.500. The van der Waals surface area contributed by atoms with Gasteiger partial charge in [-0.25, -0.2) is 20.5 Å². The van der Waals surface area contributed by atoms with Crippen LogP contribution in [0, 0.1) is 0 Å². The Balaban J connectivity index is 1.44. The van der Waals surface area contributed by atoms with Crippen molar-refractivity contribution >= 4 is 0 Å². The van der Waals surface area contributed by atoms with Crippen molar-refractivity contribution in [2.24, 2.45) is 0 Å². The molecule has 2 aromatic carbocycles. The fourth-order valence-corrected chi connectivity index (χ4v) is 4.62. The Kier molecular flexibility index (Phi) is 9.84. The number of unbranched alkanes of at least 4 members (excludes halogenated alkanes) is 6. The molecule has 0 aliphatic carbocycles. The minimum Gasteiger partial charge on any atom is -0.245 e. The van der Waals surface area contributed by atoms with Gasteiger partial charge in [-0.1, -0.05) is 101 Å². The maximum absolute atomic E-state index is 4.92. The smallest absolute Gasteiger partial charge is 0.150 e. The molecule has 188 valence electrons. The molecule has 1 aliphatic heterocycles. The molecule has 0 atom stereocenters. The molecule has 0 amide bonds. The van der Waals surface area contributed by atoms with Gasteiger partial charge in [0.2, 0.25) is 0 Å². The molecule has 1 aliphatic rings. The lowest BCUT2D eigenvalue weighted by Crippen LogP contribution is -2.33. The highest BCUT2D eigenvalue weighted by Crippen LogP contribution is 2.28. The molecule has 4 rings (SSSR count). The highest BCUT2D eigenvalue weighted by Gasteiger charge is 2.18. The minimum absolute atomic E-state index is 0.00657. The van der Waals surface area contributed by atoms with E-state index in [0.717, 1.165) is 37.5 Å². The molecule has 0 spiro atoms. The van der Waals surface area contributed by atoms with Crippen LogP contribution >= 0.6 is 0 Å². The average Bonchev–Trinajstić information content (AvgIpc) is 3.56. The van der Waals surface area contributed by atoms with Gasteiger partial charge >= 0.3 is 0 Å². The molecule has 0 saturated carbocycles. The number of nitrogens with one attached hydrogen (secondary N) is 4. The lowest BCUT2D eigenvalue weighted by molar-refractivity contribution is 0.556. The summed E-state index contributed by atoms with van der Waals surface area (Å²) in [6, 6.07) is 17.3. The summed E-state index contributed by atoms with van der Waals surface area (Å²) in [5, 5.41) is 4.89. The Bertz CT molecular complexity index is 1020. The molecule has 2 heterocycles. The van der Waals surface area contributed by atoms with Crippen molar-refractivity contribution in [1.82, 2.24) is 36.7 Å². The van der Waals surface area contributed by atoms with Gasteiger partial charge in [0.1, 0.15) is 12.0 Å². The maximum Gasteiger partial charge on any atom is 0.150 e. The first-order chi connectivity index (χ1) is 17.3. The van der Waals surface area contributed by atoms with E-state index >= 15 is 0 Å². The zero-order valence-electron chi connectivity index (χ0n) is 21.3. The van der Waals surface area contributed by atoms with Gasteiger partial charge in [-0.3, -0.25) is 0 Å². The van der Waals surface area contributed by atoms with Crippen molar-refractivity contribution < 1.29 is 0 Å². The van der Waals surface area contributed by atoms with Gasteiger partial charge in [0.15, 0.2) is 5.82 Å². The van der Waals surface area contributed by atoms with Crippen LogP contribution in [0.3, 0.4) is 0 Å². The van der Waals surface area contributed by atoms with Gasteiger partial charge in [-0.2, -0.15) is 16.2 Å². The van der Waals surface area contributed by atoms with Crippen LogP contribution < -0.4 is 21.9 Å². The molecule has 1 fully saturated rings. The van der Waals surface area contributed by atoms with E-state index in [4.69, 9.17) is 10.1 Å². The first-order valence-corrected chi connectivity index (χ1v) is 13.4. The van der Waals surface area contributed by atoms with E-state index in [1.807, 2.05) is 0 Å². The molecule has 0 bridgehead atoms. The Morgan fingerprint density at radius 2 is 1.49 bits per heavy atom. The van der Waals surface area contributed by atoms with Crippen LogP contribution in [0.25, 0.3) is 11.1 Å². The third kappa shape index (κ3) is 7.21. The second-order valence-electron chi connectivity index (χ2n) is 9.48. The minimum atomic E-state index is 0.00657. The second kappa shape index (κ2) is 13.5. The van der Waals surface area contributed by atoms with E-state index in [1.165, 1.54) is 67.2 Å². The van der Waals surface area contributed by atoms with Gasteiger partial charge in [0, 0.05) is 12.8 Å². The van der Waals surface area contributed by atoms with Crippen molar-refractivity contribution in [3.05, 3.63) is 71.3 Å². The molecular formula is C28H41N7. The summed E-state index contributed by atoms with van der Waals surface area (Å²) < 4.78 is 2.14. The summed E-state index contributed by atoms with van der Waals surface area (Å²) in [5.74, 6) is 2.14. The molecule has 7 nitrogen and oxygen atoms in total. The number of nitrogens with zero attached hydrogens (tertiary/aromatic N) is 3. The van der Waals surface area contributed by atoms with E-state index in [1.54, 1.807) is 0 Å². The summed E-state index contributed by atoms with van der Waals surface area (Å²) in [6.07, 6.45) is 12.1. The molecule has 4 N–H and O–H groups in total. The standard InChI is InChI=1S/C28H41N7/c1-3-5-7-8-9-10-16-27-29-26(15-6-4-2)32-35(27)21-22-17-19-23(20-18-22)24-13-11-12-14-25(24)28-30-33-34-31-28/h11-14,17-20,28,30-31,33-34H,3-10,15-16,21H2,1-2H3. The van der Waals surface area contributed by atoms with E-state index < -0.39 is 0 Å². The molecule has 0 unspecified atom stereocenters. The number of rotatable bonds is 14. The molecule has 3 aromatic rings. The van der Waals surface area contributed by atoms with Crippen molar-refractivity contribution in [3.63, 3.8) is 0 Å². The van der Waals surface area contributed by atoms with Crippen molar-refractivity contribution in [1.29, 1.82) is 0 Å². The summed E-state index contributed by atoms with van der Waals surface area (Å²) in [5.41, 5.74) is 17.0. The summed E-state index contributed by atoms with van der Waals surface area (Å²) in [7, 11) is 0. The zero-order chi connectivity index (χ0) is 24.3. The highest BCUT2D eigenvalue weighted by molar-refractivity contribution is 5.68. The molecular weight excluding hydrogens is 434 g/mol. The Morgan fingerprint density at radius 3 is 2.26 bits per heavy atom. The van der Waals surface area contributed by atoms with Crippen LogP contribution in [0.15, 0.2) is 48.5 Å². The molecule has 35 heavy (non-hydrogen) atoms. The quantitative estimate of drug-likeness (QED) is 0.235. The number of benzene rings is 2. The Morgan fingerprint density at radius 1 is 0.771 bits per heavy atom. The number of aryl methyl sites for hydroxylation is 2. The highest BCUT2D eigenvalue weighted by atomic mass is 15.8. The van der Waals surface area contributed by atoms with Gasteiger partial charge in [0.05, 0.1) is 6.54 Å². The summed E-state index contributed by atoms with van der Waals surface area (Å²) in [6.45, 7) is 5.26. The van der Waals surface area contributed by atoms with E-state index in [2.05, 4.69) is 89.0 Å². The maximum atomic E-state index is 4.92. The van der Waals surface area contributed by atoms with Crippen LogP contribution in [-0.2, 0) is 19.4 Å². The number of aromatic nitrogens is 3. The number of hydrogen-bond donors (Lipinski definition) is 4. The number of hydrazine groups is 3. The Labute approximate surface area is 210 Å². The van der Waals surface area contributed by atoms with E-state index in [0.29, 0.717) is 0 Å². The van der Waals surface area contributed by atoms with Crippen LogP contribution in [0.1, 0.15) is 94.2 Å². The summed E-state index contributed by atoms with van der Waals surface area (Å²) in [4.78, 5) is 4.92. The largest absolute Gasteiger partial charge is 0.245 e. The normalized spacial score (nSPS) is 14.1. The first-order valence-electron chi connectivity index (χ1n) is 13.4. The lowest BCUT2D eigenvalue weighted by atomic mass is 9.97. The van der Waals surface area contributed by atoms with Crippen LogP contribution in [0.2, 0.25) is 0 Å². The number of hydrogen-bond acceptors (Lipinski definition) is 6. The lowest BCUT2D eigenvalue weighted by Gasteiger charge is -2.15. The van der Waals surface area contributed by atoms with Gasteiger partial charge in [-0.15, -0.1) is 0 Å². The average molecular weight is 476 g/mol. The predicted molar refractivity (Wildman–Crippen MR) is 142 cm³/mol. The monoisotopic (exact) mass is 475 g/mol. The van der Waals surface area contributed by atoms with E-state index in [9.17, 15) is 0 Å². The third-order valence-electron chi connectivity index (χ3n) is 6.66. The van der Waals surface area contributed by atoms with Crippen LogP contribution in [0.4, 0.5) is 0 Å². The third-order valence-corrected chi connectivity index (χ3v) is 6.66. The van der Waals surface area contributed by atoms with Gasteiger partial charge < -0.3 is 0 Å². The SMILES string of the molecule is CCCCCCCCc1nc(CCCC)nn1Cc1ccc(-c2ccccc2C2NNNN2)cc1. The predicted octanol–water partition coefficient (Wildman–Crippen LogP) is 5.35. The van der Waals surface area contributed by atoms with E-state index in [-0.39, 0.29) is 6.17 Å². The zero-order valence-corrected chi connectivity index (χ0v) is 21.3. The first kappa shape index (κ1) is 25.5. The molecule has 7 heteroatoms. The van der Waals surface area contributed by atoms with Gasteiger partial charge in [0.25, 0.3) is 0 Å². The van der Waals surface area contributed by atoms with Crippen molar-refractivity contribution in [2.45, 2.75) is 90.8 Å². The second-order valence-corrected chi connectivity index (χ2v) is 9.48. The molecule has 1 saturated heterocycles. The van der Waals surface area contributed by atoms with Crippen molar-refractivity contribution in [2.75, 3.05) is 0 Å². The van der Waals surface area contributed by atoms with Crippen LogP contribution in [-0.4, -0.2) is 14.8 Å². The Hall–Kier alpha value is -2.58. The fourth-order valence-electron chi connectivity index (χ4n) is 4.62. The molecule has 1 aromatic heterocycles. The van der Waals surface area contributed by atoms with Crippen molar-refractivity contribution in [3.8, 4) is 11.1 Å².